The molecule has 2 N–H and O–H groups in total. The van der Waals surface area contributed by atoms with Gasteiger partial charge in [0.15, 0.2) is 0 Å². The number of hydrogen-bond donors (Lipinski definition) is 2. The van der Waals surface area contributed by atoms with Gasteiger partial charge in [0.05, 0.1) is 5.69 Å². The van der Waals surface area contributed by atoms with Crippen LogP contribution in [-0.2, 0) is 0 Å². The maximum atomic E-state index is 3.39. The summed E-state index contributed by atoms with van der Waals surface area (Å²) in [6.07, 6.45) is 0. The zero-order valence-corrected chi connectivity index (χ0v) is 7.27. The van der Waals surface area contributed by atoms with E-state index in [1.54, 1.807) is 0 Å². The molecule has 0 heterocycles. The summed E-state index contributed by atoms with van der Waals surface area (Å²) in [4.78, 5) is 0. The van der Waals surface area contributed by atoms with Gasteiger partial charge in [-0.25, -0.2) is 5.43 Å². The quantitative estimate of drug-likeness (QED) is 0.715. The molecule has 0 saturated heterocycles. The van der Waals surface area contributed by atoms with Crippen molar-refractivity contribution in [3.05, 3.63) is 28.7 Å². The lowest BCUT2D eigenvalue weighted by molar-refractivity contribution is 0.982. The van der Waals surface area contributed by atoms with Crippen molar-refractivity contribution in [2.75, 3.05) is 12.5 Å². The van der Waals surface area contributed by atoms with Crippen molar-refractivity contribution in [3.8, 4) is 0 Å². The highest BCUT2D eigenvalue weighted by Crippen LogP contribution is 2.19. The number of benzene rings is 1. The SMILES string of the molecule is CNNc1ccccc1Br. The molecule has 0 aliphatic heterocycles. The largest absolute Gasteiger partial charge is 0.321 e. The van der Waals surface area contributed by atoms with Crippen molar-refractivity contribution >= 4 is 21.6 Å². The van der Waals surface area contributed by atoms with Gasteiger partial charge in [-0.05, 0) is 28.1 Å². The minimum atomic E-state index is 1.05. The van der Waals surface area contributed by atoms with Crippen LogP contribution in [0.2, 0.25) is 0 Å². The van der Waals surface area contributed by atoms with E-state index in [4.69, 9.17) is 0 Å². The van der Waals surface area contributed by atoms with Crippen molar-refractivity contribution in [1.82, 2.24) is 5.43 Å². The van der Waals surface area contributed by atoms with Gasteiger partial charge in [-0.15, -0.1) is 0 Å². The Morgan fingerprint density at radius 1 is 1.30 bits per heavy atom. The average Bonchev–Trinajstić information content (AvgIpc) is 1.94. The summed E-state index contributed by atoms with van der Waals surface area (Å²) < 4.78 is 1.06. The number of para-hydroxylation sites is 1. The van der Waals surface area contributed by atoms with Crippen LogP contribution >= 0.6 is 15.9 Å². The number of nitrogens with one attached hydrogen (secondary N) is 2. The Balaban J connectivity index is 2.81. The van der Waals surface area contributed by atoms with Crippen LogP contribution < -0.4 is 10.9 Å². The average molecular weight is 201 g/mol. The first-order chi connectivity index (χ1) is 4.84. The third kappa shape index (κ3) is 1.72. The fraction of sp³-hybridized carbons (Fsp3) is 0.143. The Morgan fingerprint density at radius 3 is 2.60 bits per heavy atom. The monoisotopic (exact) mass is 200 g/mol. The third-order valence-electron chi connectivity index (χ3n) is 1.13. The van der Waals surface area contributed by atoms with E-state index >= 15 is 0 Å². The van der Waals surface area contributed by atoms with Gasteiger partial charge in [-0.1, -0.05) is 12.1 Å². The smallest absolute Gasteiger partial charge is 0.0629 e. The number of halogens is 1. The Morgan fingerprint density at radius 2 is 2.00 bits per heavy atom. The van der Waals surface area contributed by atoms with E-state index in [9.17, 15) is 0 Å². The fourth-order valence-electron chi connectivity index (χ4n) is 0.697. The van der Waals surface area contributed by atoms with Crippen molar-refractivity contribution in [2.45, 2.75) is 0 Å². The van der Waals surface area contributed by atoms with Gasteiger partial charge in [0, 0.05) is 11.5 Å². The molecule has 0 atom stereocenters. The molecule has 0 aromatic heterocycles. The molecule has 0 fully saturated rings. The lowest BCUT2D eigenvalue weighted by Crippen LogP contribution is -2.14. The summed E-state index contributed by atoms with van der Waals surface area (Å²) in [6, 6.07) is 7.93. The van der Waals surface area contributed by atoms with E-state index in [0.717, 1.165) is 10.2 Å². The fourth-order valence-corrected chi connectivity index (χ4v) is 1.08. The second-order valence-electron chi connectivity index (χ2n) is 1.85. The topological polar surface area (TPSA) is 24.1 Å². The summed E-state index contributed by atoms with van der Waals surface area (Å²) in [6.45, 7) is 0. The van der Waals surface area contributed by atoms with Crippen LogP contribution in [0.3, 0.4) is 0 Å². The molecule has 10 heavy (non-hydrogen) atoms. The first-order valence-electron chi connectivity index (χ1n) is 3.02. The van der Waals surface area contributed by atoms with E-state index in [1.165, 1.54) is 0 Å². The first kappa shape index (κ1) is 7.57. The third-order valence-corrected chi connectivity index (χ3v) is 1.83. The molecule has 0 aliphatic carbocycles. The first-order valence-corrected chi connectivity index (χ1v) is 3.81. The lowest BCUT2D eigenvalue weighted by atomic mass is 10.3. The van der Waals surface area contributed by atoms with Crippen LogP contribution in [0.1, 0.15) is 0 Å². The Kier molecular flexibility index (Phi) is 2.71. The molecule has 0 radical (unpaired) electrons. The van der Waals surface area contributed by atoms with Crippen LogP contribution in [0.4, 0.5) is 5.69 Å². The normalized spacial score (nSPS) is 9.40. The standard InChI is InChI=1S/C7H9BrN2/c1-9-10-7-5-3-2-4-6(7)8/h2-5,9-10H,1H3. The van der Waals surface area contributed by atoms with Gasteiger partial charge >= 0.3 is 0 Å². The number of hydrogen-bond acceptors (Lipinski definition) is 2. The van der Waals surface area contributed by atoms with E-state index in [2.05, 4.69) is 26.8 Å². The summed E-state index contributed by atoms with van der Waals surface area (Å²) in [5.74, 6) is 0. The number of anilines is 1. The van der Waals surface area contributed by atoms with Crippen molar-refractivity contribution in [1.29, 1.82) is 0 Å². The van der Waals surface area contributed by atoms with Gasteiger partial charge in [0.2, 0.25) is 0 Å². The number of hydrazine groups is 1. The van der Waals surface area contributed by atoms with E-state index in [-0.39, 0.29) is 0 Å². The van der Waals surface area contributed by atoms with Crippen molar-refractivity contribution < 1.29 is 0 Å². The van der Waals surface area contributed by atoms with E-state index in [0.29, 0.717) is 0 Å². The van der Waals surface area contributed by atoms with Crippen LogP contribution in [0.15, 0.2) is 28.7 Å². The molecule has 0 aliphatic rings. The summed E-state index contributed by atoms with van der Waals surface area (Å²) in [5.41, 5.74) is 6.87. The molecule has 3 heteroatoms. The van der Waals surface area contributed by atoms with Crippen molar-refractivity contribution in [3.63, 3.8) is 0 Å². The minimum absolute atomic E-state index is 1.05. The Hall–Kier alpha value is -0.540. The maximum absolute atomic E-state index is 3.39. The molecular formula is C7H9BrN2. The van der Waals surface area contributed by atoms with Crippen molar-refractivity contribution in [2.24, 2.45) is 0 Å². The second kappa shape index (κ2) is 3.58. The van der Waals surface area contributed by atoms with Crippen LogP contribution in [0.25, 0.3) is 0 Å². The number of rotatable bonds is 2. The van der Waals surface area contributed by atoms with Gasteiger partial charge in [-0.2, -0.15) is 0 Å². The zero-order chi connectivity index (χ0) is 7.40. The molecule has 1 aromatic rings. The summed E-state index contributed by atoms with van der Waals surface area (Å²) >= 11 is 3.39. The summed E-state index contributed by atoms with van der Waals surface area (Å²) in [5, 5.41) is 0. The predicted octanol–water partition coefficient (Wildman–Crippen LogP) is 2.00. The van der Waals surface area contributed by atoms with Crippen LogP contribution in [0, 0.1) is 0 Å². The second-order valence-corrected chi connectivity index (χ2v) is 2.71. The van der Waals surface area contributed by atoms with Gasteiger partial charge in [0.25, 0.3) is 0 Å². The highest BCUT2D eigenvalue weighted by atomic mass is 79.9. The van der Waals surface area contributed by atoms with E-state index < -0.39 is 0 Å². The molecule has 0 bridgehead atoms. The van der Waals surface area contributed by atoms with Gasteiger partial charge < -0.3 is 5.43 Å². The molecule has 0 saturated carbocycles. The molecular weight excluding hydrogens is 192 g/mol. The molecule has 1 aromatic carbocycles. The molecule has 0 spiro atoms. The van der Waals surface area contributed by atoms with Gasteiger partial charge in [0.1, 0.15) is 0 Å². The van der Waals surface area contributed by atoms with Crippen LogP contribution in [0.5, 0.6) is 0 Å². The highest BCUT2D eigenvalue weighted by Gasteiger charge is 1.92. The zero-order valence-electron chi connectivity index (χ0n) is 5.69. The lowest BCUT2D eigenvalue weighted by Gasteiger charge is -2.04. The molecule has 0 unspecified atom stereocenters. The van der Waals surface area contributed by atoms with Gasteiger partial charge in [-0.3, -0.25) is 0 Å². The van der Waals surface area contributed by atoms with Crippen LogP contribution in [-0.4, -0.2) is 7.05 Å². The van der Waals surface area contributed by atoms with E-state index in [1.807, 2.05) is 31.3 Å². The maximum Gasteiger partial charge on any atom is 0.0629 e. The Bertz CT molecular complexity index is 213. The minimum Gasteiger partial charge on any atom is -0.321 e. The Labute approximate surface area is 68.7 Å². The molecule has 54 valence electrons. The summed E-state index contributed by atoms with van der Waals surface area (Å²) in [7, 11) is 1.83. The molecule has 0 amide bonds. The molecule has 2 nitrogen and oxygen atoms in total. The predicted molar refractivity (Wildman–Crippen MR) is 46.8 cm³/mol. The molecule has 1 rings (SSSR count). The highest BCUT2D eigenvalue weighted by molar-refractivity contribution is 9.10.